The highest BCUT2D eigenvalue weighted by atomic mass is 16.5. The van der Waals surface area contributed by atoms with E-state index in [0.717, 1.165) is 87.2 Å². The van der Waals surface area contributed by atoms with Gasteiger partial charge in [-0.25, -0.2) is 0 Å². The normalized spacial score (nSPS) is 33.9. The molecule has 4 saturated carbocycles. The maximum Gasteiger partial charge on any atom is 0.309 e. The Morgan fingerprint density at radius 2 is 1.66 bits per heavy atom. The number of likely N-dealkylation sites (N-methyl/N-ethyl adjacent to an activating group) is 1. The number of esters is 1. The van der Waals surface area contributed by atoms with Gasteiger partial charge in [0.2, 0.25) is 0 Å². The molecule has 4 fully saturated rings. The monoisotopic (exact) mass is 808 g/mol. The lowest BCUT2D eigenvalue weighted by molar-refractivity contribution is -0.233. The van der Waals surface area contributed by atoms with Crippen LogP contribution in [0.25, 0.3) is 11.4 Å². The highest BCUT2D eigenvalue weighted by Gasteiger charge is 2.70. The number of allylic oxidation sites excluding steroid dienone is 2. The maximum absolute atomic E-state index is 14.4. The Kier molecular flexibility index (Phi) is 11.0. The van der Waals surface area contributed by atoms with Crippen LogP contribution in [0, 0.1) is 67.5 Å². The van der Waals surface area contributed by atoms with E-state index < -0.39 is 17.4 Å². The van der Waals surface area contributed by atoms with E-state index in [4.69, 9.17) is 14.9 Å². The van der Waals surface area contributed by atoms with E-state index in [-0.39, 0.29) is 45.5 Å². The van der Waals surface area contributed by atoms with Crippen molar-refractivity contribution in [2.75, 3.05) is 20.6 Å². The van der Waals surface area contributed by atoms with Crippen molar-refractivity contribution in [1.82, 2.24) is 19.7 Å². The first kappa shape index (κ1) is 43.3. The summed E-state index contributed by atoms with van der Waals surface area (Å²) in [5, 5.41) is 28.8. The lowest BCUT2D eigenvalue weighted by atomic mass is 9.33. The van der Waals surface area contributed by atoms with Gasteiger partial charge in [0.05, 0.1) is 23.5 Å². The largest absolute Gasteiger partial charge is 0.481 e. The van der Waals surface area contributed by atoms with E-state index in [1.54, 1.807) is 13.8 Å². The number of rotatable bonds is 11. The van der Waals surface area contributed by atoms with Gasteiger partial charge in [-0.15, -0.1) is 10.2 Å². The summed E-state index contributed by atoms with van der Waals surface area (Å²) >= 11 is 0. The number of carbonyl (C=O) groups excluding carboxylic acids is 2. The minimum atomic E-state index is -1.17. The van der Waals surface area contributed by atoms with Gasteiger partial charge >= 0.3 is 11.9 Å². The first-order valence-electron chi connectivity index (χ1n) is 22.3. The molecule has 8 atom stereocenters. The number of nitriles is 1. The highest BCUT2D eigenvalue weighted by molar-refractivity contribution is 6.00. The Morgan fingerprint density at radius 1 is 0.966 bits per heavy atom. The van der Waals surface area contributed by atoms with Gasteiger partial charge in [-0.1, -0.05) is 54.0 Å². The summed E-state index contributed by atoms with van der Waals surface area (Å²) in [5.41, 5.74) is 2.47. The molecule has 0 saturated heterocycles. The number of Topliss-reactive ketones (excluding diaryl/α,β-unsaturated/α-hetero) is 1. The Hall–Kier alpha value is -3.84. The lowest BCUT2D eigenvalue weighted by Gasteiger charge is -2.72. The zero-order valence-electron chi connectivity index (χ0n) is 37.7. The number of nitrogens with zero attached hydrogens (tertiary/aromatic N) is 5. The van der Waals surface area contributed by atoms with Crippen LogP contribution in [0.4, 0.5) is 0 Å². The van der Waals surface area contributed by atoms with Crippen molar-refractivity contribution in [2.45, 2.75) is 146 Å². The van der Waals surface area contributed by atoms with Gasteiger partial charge in [-0.2, -0.15) is 5.26 Å². The Labute approximate surface area is 352 Å². The molecule has 2 aromatic rings. The van der Waals surface area contributed by atoms with E-state index in [1.165, 1.54) is 5.57 Å². The van der Waals surface area contributed by atoms with Gasteiger partial charge in [0, 0.05) is 42.3 Å². The molecule has 1 heterocycles. The molecule has 0 spiro atoms. The summed E-state index contributed by atoms with van der Waals surface area (Å²) < 4.78 is 8.48. The van der Waals surface area contributed by atoms with Crippen LogP contribution in [0.15, 0.2) is 35.4 Å². The third-order valence-electron chi connectivity index (χ3n) is 17.3. The number of aromatic nitrogens is 3. The van der Waals surface area contributed by atoms with E-state index in [2.05, 4.69) is 78.1 Å². The standard InChI is InChI=1S/C49H69N5O5/c1-30(2)40-34(55)26-49(27-38-51-52-42(54(38)25-24-53(10)11)32-14-12-31(29-50)13-15-32)23-22-47(8)33(41(40)49)16-17-36-46(7)20-19-37(59-39(56)28-44(3,4)43(57)58)45(5,6)35(46)18-21-48(36,47)9/h12-15,30,33,35-37H,16-28H2,1-11H3,(H,57,58)/t33-,35+,36?,37+,46+,47-,48-,49+/m1/s1. The Balaban J connectivity index is 1.21. The second-order valence-electron chi connectivity index (χ2n) is 21.9. The van der Waals surface area contributed by atoms with Crippen molar-refractivity contribution < 1.29 is 24.2 Å². The van der Waals surface area contributed by atoms with Crippen molar-refractivity contribution >= 4 is 17.7 Å². The maximum atomic E-state index is 14.4. The van der Waals surface area contributed by atoms with Crippen LogP contribution >= 0.6 is 0 Å². The SMILES string of the molecule is CC(C)C1=C2[C@H]3CCC4[C@@]5(C)CC[C@H](OC(=O)CC(C)(C)C(=O)O)C(C)(C)[C@@H]5CC[C@@]4(C)[C@]3(C)CC[C@@]2(Cc2nnc(-c3ccc(C#N)cc3)n2CCN(C)C)CC1=O. The lowest BCUT2D eigenvalue weighted by Crippen LogP contribution is -2.65. The minimum absolute atomic E-state index is 0.00953. The molecular formula is C49H69N5O5. The van der Waals surface area contributed by atoms with Crippen molar-refractivity contribution in [3.05, 3.63) is 46.8 Å². The molecule has 0 radical (unpaired) electrons. The molecule has 320 valence electrons. The predicted octanol–water partition coefficient (Wildman–Crippen LogP) is 9.31. The first-order chi connectivity index (χ1) is 27.5. The zero-order valence-corrected chi connectivity index (χ0v) is 37.7. The number of ether oxygens (including phenoxy) is 1. The van der Waals surface area contributed by atoms with Crippen LogP contribution in [-0.2, 0) is 32.1 Å². The summed E-state index contributed by atoms with van der Waals surface area (Å²) in [4.78, 5) is 41.6. The topological polar surface area (TPSA) is 138 Å². The molecule has 0 aliphatic heterocycles. The van der Waals surface area contributed by atoms with E-state index in [1.807, 2.05) is 24.3 Å². The quantitative estimate of drug-likeness (QED) is 0.220. The smallest absolute Gasteiger partial charge is 0.309 e. The predicted molar refractivity (Wildman–Crippen MR) is 228 cm³/mol. The number of carboxylic acids is 1. The van der Waals surface area contributed by atoms with E-state index >= 15 is 0 Å². The number of hydrogen-bond donors (Lipinski definition) is 1. The van der Waals surface area contributed by atoms with E-state index in [0.29, 0.717) is 41.9 Å². The number of benzene rings is 1. The molecule has 1 unspecified atom stereocenters. The van der Waals surface area contributed by atoms with Gasteiger partial charge in [-0.3, -0.25) is 14.4 Å². The number of fused-ring (bicyclic) bond motifs is 7. The van der Waals surface area contributed by atoms with Crippen LogP contribution in [0.5, 0.6) is 0 Å². The minimum Gasteiger partial charge on any atom is -0.481 e. The highest BCUT2D eigenvalue weighted by Crippen LogP contribution is 2.77. The Morgan fingerprint density at radius 3 is 2.29 bits per heavy atom. The molecule has 5 aliphatic carbocycles. The average molecular weight is 808 g/mol. The van der Waals surface area contributed by atoms with Gasteiger partial charge in [0.1, 0.15) is 11.9 Å². The number of hydrogen-bond acceptors (Lipinski definition) is 8. The Bertz CT molecular complexity index is 2070. The molecule has 5 aliphatic rings. The molecule has 0 amide bonds. The van der Waals surface area contributed by atoms with Crippen molar-refractivity contribution in [3.8, 4) is 17.5 Å². The van der Waals surface area contributed by atoms with Crippen LogP contribution in [0.3, 0.4) is 0 Å². The van der Waals surface area contributed by atoms with Gasteiger partial charge in [0.15, 0.2) is 11.6 Å². The second-order valence-corrected chi connectivity index (χ2v) is 21.9. The zero-order chi connectivity index (χ0) is 43.1. The summed E-state index contributed by atoms with van der Waals surface area (Å²) in [6.45, 7) is 21.4. The van der Waals surface area contributed by atoms with Gasteiger partial charge in [-0.05, 0) is 149 Å². The van der Waals surface area contributed by atoms with Crippen LogP contribution in [-0.4, -0.2) is 69.2 Å². The number of aliphatic carboxylic acids is 1. The third kappa shape index (κ3) is 6.90. The summed E-state index contributed by atoms with van der Waals surface area (Å²) in [5.74, 6) is 1.95. The van der Waals surface area contributed by atoms with Crippen LogP contribution < -0.4 is 0 Å². The molecule has 7 rings (SSSR count). The van der Waals surface area contributed by atoms with Crippen molar-refractivity contribution in [2.24, 2.45) is 56.2 Å². The number of carboxylic acid groups (broad SMARTS) is 1. The fourth-order valence-corrected chi connectivity index (χ4v) is 14.0. The summed E-state index contributed by atoms with van der Waals surface area (Å²) in [6, 6.07) is 9.82. The molecule has 0 bridgehead atoms. The van der Waals surface area contributed by atoms with Crippen molar-refractivity contribution in [3.63, 3.8) is 0 Å². The van der Waals surface area contributed by atoms with Gasteiger partial charge in [0.25, 0.3) is 0 Å². The molecule has 10 heteroatoms. The fraction of sp³-hybridized carbons (Fsp3) is 0.714. The summed E-state index contributed by atoms with van der Waals surface area (Å²) in [7, 11) is 4.16. The van der Waals surface area contributed by atoms with Crippen LogP contribution in [0.1, 0.15) is 138 Å². The molecule has 10 nitrogen and oxygen atoms in total. The average Bonchev–Trinajstić information content (AvgIpc) is 3.69. The number of carbonyl (C=O) groups is 3. The third-order valence-corrected chi connectivity index (χ3v) is 17.3. The van der Waals surface area contributed by atoms with Crippen molar-refractivity contribution in [1.29, 1.82) is 5.26 Å². The van der Waals surface area contributed by atoms with E-state index in [9.17, 15) is 24.8 Å². The molecule has 1 aromatic carbocycles. The summed E-state index contributed by atoms with van der Waals surface area (Å²) in [6.07, 6.45) is 8.93. The molecular weight excluding hydrogens is 739 g/mol. The molecule has 59 heavy (non-hydrogen) atoms. The first-order valence-corrected chi connectivity index (χ1v) is 22.3. The second kappa shape index (κ2) is 15.0. The van der Waals surface area contributed by atoms with Crippen LogP contribution in [0.2, 0.25) is 0 Å². The molecule has 1 N–H and O–H groups in total. The number of ketones is 1. The fourth-order valence-electron chi connectivity index (χ4n) is 14.0. The molecule has 1 aromatic heterocycles. The van der Waals surface area contributed by atoms with Gasteiger partial charge < -0.3 is 19.3 Å².